The van der Waals surface area contributed by atoms with Gasteiger partial charge in [-0.05, 0) is 112 Å². The van der Waals surface area contributed by atoms with Gasteiger partial charge in [-0.1, -0.05) is 223 Å². The van der Waals surface area contributed by atoms with Crippen LogP contribution < -0.4 is 0 Å². The number of aliphatic imine (C=N–C) groups is 2. The Bertz CT molecular complexity index is 2470. The zero-order chi connectivity index (χ0) is 43.8. The quantitative estimate of drug-likeness (QED) is 0.137. The summed E-state index contributed by atoms with van der Waals surface area (Å²) in [5.41, 5.74) is 19.1. The predicted molar refractivity (Wildman–Crippen MR) is 271 cm³/mol. The van der Waals surface area contributed by atoms with E-state index in [2.05, 4.69) is 215 Å². The van der Waals surface area contributed by atoms with Gasteiger partial charge >= 0.3 is 0 Å². The molecule has 7 aromatic carbocycles. The molecule has 0 bridgehead atoms. The molecule has 0 unspecified atom stereocenters. The molecule has 0 amide bonds. The zero-order valence-electron chi connectivity index (χ0n) is 37.7. The summed E-state index contributed by atoms with van der Waals surface area (Å²) in [5, 5.41) is 0. The van der Waals surface area contributed by atoms with Crippen LogP contribution in [0.2, 0.25) is 0 Å². The third-order valence-electron chi connectivity index (χ3n) is 9.80. The van der Waals surface area contributed by atoms with Gasteiger partial charge in [0, 0.05) is 18.8 Å². The average Bonchev–Trinajstić information content (AvgIpc) is 3.70. The lowest BCUT2D eigenvalue weighted by atomic mass is 9.93. The van der Waals surface area contributed by atoms with E-state index in [9.17, 15) is 0 Å². The molecular formula is C59H64N2. The van der Waals surface area contributed by atoms with Crippen LogP contribution in [0, 0.1) is 6.92 Å². The summed E-state index contributed by atoms with van der Waals surface area (Å²) in [6.07, 6.45) is 9.35. The Labute approximate surface area is 367 Å². The van der Waals surface area contributed by atoms with E-state index in [1.54, 1.807) is 7.05 Å². The Balaban J connectivity index is 0.000000245. The molecule has 61 heavy (non-hydrogen) atoms. The van der Waals surface area contributed by atoms with Crippen molar-refractivity contribution >= 4 is 18.0 Å². The van der Waals surface area contributed by atoms with Crippen molar-refractivity contribution in [3.8, 4) is 44.5 Å². The molecule has 0 aromatic heterocycles. The molecule has 0 saturated heterocycles. The maximum atomic E-state index is 4.61. The van der Waals surface area contributed by atoms with Crippen LogP contribution >= 0.6 is 0 Å². The predicted octanol–water partition coefficient (Wildman–Crippen LogP) is 16.8. The van der Waals surface area contributed by atoms with Crippen LogP contribution in [0.3, 0.4) is 0 Å². The van der Waals surface area contributed by atoms with E-state index < -0.39 is 0 Å². The van der Waals surface area contributed by atoms with E-state index in [0.29, 0.717) is 0 Å². The highest BCUT2D eigenvalue weighted by molar-refractivity contribution is 6.12. The SMILES string of the molecule is C=NC.CC.CC/C=C/N=C(/C=C(\C)c1ccccc1)c1ccccc1.CCC.Cc1cccc(-c2ccc(-c3cccc(-c4cccc5c4Cc4ccccc4-5)c3)cc2)c1. The van der Waals surface area contributed by atoms with Gasteiger partial charge in [0.05, 0.1) is 5.71 Å². The van der Waals surface area contributed by atoms with Gasteiger partial charge < -0.3 is 4.99 Å². The fourth-order valence-corrected chi connectivity index (χ4v) is 7.01. The van der Waals surface area contributed by atoms with Crippen LogP contribution in [0.25, 0.3) is 50.1 Å². The van der Waals surface area contributed by atoms with E-state index in [4.69, 9.17) is 0 Å². The first-order valence-electron chi connectivity index (χ1n) is 21.7. The lowest BCUT2D eigenvalue weighted by Gasteiger charge is -2.11. The molecule has 0 atom stereocenters. The molecule has 0 fully saturated rings. The Morgan fingerprint density at radius 1 is 0.557 bits per heavy atom. The van der Waals surface area contributed by atoms with Crippen LogP contribution in [0.5, 0.6) is 0 Å². The summed E-state index contributed by atoms with van der Waals surface area (Å²) >= 11 is 0. The molecule has 7 aromatic rings. The molecule has 310 valence electrons. The summed E-state index contributed by atoms with van der Waals surface area (Å²) in [6.45, 7) is 17.7. The molecule has 0 heterocycles. The number of allylic oxidation sites excluding steroid dienone is 3. The Morgan fingerprint density at radius 2 is 1.05 bits per heavy atom. The monoisotopic (exact) mass is 801 g/mol. The first-order chi connectivity index (χ1) is 29.9. The first kappa shape index (κ1) is 47.0. The minimum absolute atomic E-state index is 0.988. The number of hydrogen-bond acceptors (Lipinski definition) is 2. The fraction of sp³-hybridized carbons (Fsp3) is 0.186. The third kappa shape index (κ3) is 13.7. The van der Waals surface area contributed by atoms with Crippen LogP contribution in [0.1, 0.15) is 82.2 Å². The lowest BCUT2D eigenvalue weighted by Crippen LogP contribution is -1.97. The van der Waals surface area contributed by atoms with Crippen molar-refractivity contribution in [2.75, 3.05) is 7.05 Å². The van der Waals surface area contributed by atoms with Gasteiger partial charge in [-0.25, -0.2) is 0 Å². The number of nitrogens with zero attached hydrogens (tertiary/aromatic N) is 2. The van der Waals surface area contributed by atoms with Crippen molar-refractivity contribution in [2.45, 2.75) is 67.7 Å². The van der Waals surface area contributed by atoms with E-state index in [0.717, 1.165) is 24.1 Å². The molecule has 1 aliphatic rings. The van der Waals surface area contributed by atoms with Crippen molar-refractivity contribution in [3.63, 3.8) is 0 Å². The topological polar surface area (TPSA) is 24.7 Å². The highest BCUT2D eigenvalue weighted by atomic mass is 14.7. The van der Waals surface area contributed by atoms with Gasteiger partial charge in [0.2, 0.25) is 0 Å². The average molecular weight is 801 g/mol. The van der Waals surface area contributed by atoms with E-state index >= 15 is 0 Å². The number of fused-ring (bicyclic) bond motifs is 3. The van der Waals surface area contributed by atoms with Gasteiger partial charge in [0.1, 0.15) is 0 Å². The highest BCUT2D eigenvalue weighted by Gasteiger charge is 2.21. The van der Waals surface area contributed by atoms with Crippen LogP contribution in [0.4, 0.5) is 0 Å². The lowest BCUT2D eigenvalue weighted by molar-refractivity contribution is 1.09. The van der Waals surface area contributed by atoms with Gasteiger partial charge in [-0.15, -0.1) is 0 Å². The molecule has 0 spiro atoms. The number of aryl methyl sites for hydroxylation is 1. The third-order valence-corrected chi connectivity index (χ3v) is 9.80. The van der Waals surface area contributed by atoms with Crippen molar-refractivity contribution in [2.24, 2.45) is 9.98 Å². The van der Waals surface area contributed by atoms with Crippen LogP contribution in [0.15, 0.2) is 204 Å². The van der Waals surface area contributed by atoms with Crippen molar-refractivity contribution < 1.29 is 0 Å². The largest absolute Gasteiger partial charge is 0.304 e. The number of hydrogen-bond donors (Lipinski definition) is 0. The van der Waals surface area contributed by atoms with Crippen molar-refractivity contribution in [1.29, 1.82) is 0 Å². The first-order valence-corrected chi connectivity index (χ1v) is 21.7. The van der Waals surface area contributed by atoms with Gasteiger partial charge in [-0.2, -0.15) is 0 Å². The summed E-state index contributed by atoms with van der Waals surface area (Å²) < 4.78 is 0. The summed E-state index contributed by atoms with van der Waals surface area (Å²) in [4.78, 5) is 7.86. The zero-order valence-corrected chi connectivity index (χ0v) is 37.7. The standard InChI is InChI=1S/C32H24.C20H21N.C3H8.C2H5N.C2H6/c1-22-7-4-9-25(19-22)23-15-17-24(18-16-23)26-10-5-11-27(20-26)30-13-6-14-31-29-12-3-2-8-28(29)21-32(30)31;1-3-4-15-21-20(19-13-9-6-10-14-19)16-17(2)18-11-7-5-8-12-18;2*1-3-2;1-2/h2-20H,21H2,1H3;4-16H,3H2,1-2H3;3H2,1-2H3;1H2,2H3;1-2H3/b;15-4+,17-16+,21-20-;;;. The molecule has 8 rings (SSSR count). The van der Waals surface area contributed by atoms with E-state index in [1.165, 1.54) is 78.8 Å². The number of benzene rings is 7. The smallest absolute Gasteiger partial charge is 0.0704 e. The minimum atomic E-state index is 0.988. The maximum Gasteiger partial charge on any atom is 0.0704 e. The summed E-state index contributed by atoms with van der Waals surface area (Å²) in [6, 6.07) is 62.8. The van der Waals surface area contributed by atoms with Gasteiger partial charge in [0.25, 0.3) is 0 Å². The molecule has 2 nitrogen and oxygen atoms in total. The molecular weight excluding hydrogens is 737 g/mol. The molecule has 0 aliphatic heterocycles. The Morgan fingerprint density at radius 3 is 1.66 bits per heavy atom. The van der Waals surface area contributed by atoms with Crippen molar-refractivity contribution in [3.05, 3.63) is 222 Å². The number of rotatable bonds is 8. The summed E-state index contributed by atoms with van der Waals surface area (Å²) in [5.74, 6) is 0. The molecule has 0 saturated carbocycles. The fourth-order valence-electron chi connectivity index (χ4n) is 7.01. The highest BCUT2D eigenvalue weighted by Crippen LogP contribution is 2.42. The van der Waals surface area contributed by atoms with E-state index in [-0.39, 0.29) is 0 Å². The normalized spacial score (nSPS) is 11.2. The molecule has 2 heteroatoms. The molecule has 1 aliphatic carbocycles. The van der Waals surface area contributed by atoms with Gasteiger partial charge in [0.15, 0.2) is 0 Å². The summed E-state index contributed by atoms with van der Waals surface area (Å²) in [7, 11) is 1.64. The van der Waals surface area contributed by atoms with Crippen molar-refractivity contribution in [1.82, 2.24) is 0 Å². The van der Waals surface area contributed by atoms with E-state index in [1.807, 2.05) is 44.3 Å². The Kier molecular flexibility index (Phi) is 19.9. The Hall–Kier alpha value is -6.64. The second-order valence-electron chi connectivity index (χ2n) is 14.6. The maximum absolute atomic E-state index is 4.61. The van der Waals surface area contributed by atoms with Crippen LogP contribution in [-0.2, 0) is 6.42 Å². The van der Waals surface area contributed by atoms with Crippen LogP contribution in [-0.4, -0.2) is 19.5 Å². The van der Waals surface area contributed by atoms with Gasteiger partial charge in [-0.3, -0.25) is 4.99 Å². The second kappa shape index (κ2) is 25.8. The molecule has 0 N–H and O–H groups in total. The second-order valence-corrected chi connectivity index (χ2v) is 14.6. The minimum Gasteiger partial charge on any atom is -0.304 e. The molecule has 0 radical (unpaired) electrons.